The third-order valence-corrected chi connectivity index (χ3v) is 7.36. The van der Waals surface area contributed by atoms with Crippen molar-refractivity contribution in [3.05, 3.63) is 131 Å². The summed E-state index contributed by atoms with van der Waals surface area (Å²) >= 11 is 1.41. The minimum atomic E-state index is -0.444. The number of carbonyl (C=O) groups is 3. The second-order valence-corrected chi connectivity index (χ2v) is 10.9. The number of hydrogen-bond donors (Lipinski definition) is 3. The van der Waals surface area contributed by atoms with Crippen molar-refractivity contribution in [1.82, 2.24) is 5.32 Å². The zero-order valence-corrected chi connectivity index (χ0v) is 24.1. The number of nitrogens with one attached hydrogen (secondary N) is 3. The monoisotopic (exact) mass is 563 g/mol. The van der Waals surface area contributed by atoms with Crippen molar-refractivity contribution in [2.75, 3.05) is 16.4 Å². The molecular weight excluding hydrogens is 530 g/mol. The molecular formula is C34H33N3O3S. The fraction of sp³-hybridized carbons (Fsp3) is 0.147. The van der Waals surface area contributed by atoms with E-state index in [2.05, 4.69) is 29.8 Å². The van der Waals surface area contributed by atoms with Crippen molar-refractivity contribution in [3.8, 4) is 0 Å². The van der Waals surface area contributed by atoms with Crippen LogP contribution in [-0.4, -0.2) is 23.5 Å². The van der Waals surface area contributed by atoms with Crippen LogP contribution in [0.4, 0.5) is 11.4 Å². The van der Waals surface area contributed by atoms with Crippen LogP contribution in [0.15, 0.2) is 114 Å². The molecule has 0 unspecified atom stereocenters. The summed E-state index contributed by atoms with van der Waals surface area (Å²) in [4.78, 5) is 39.5. The Balaban J connectivity index is 1.42. The quantitative estimate of drug-likeness (QED) is 0.140. The van der Waals surface area contributed by atoms with E-state index in [9.17, 15) is 14.4 Å². The van der Waals surface area contributed by atoms with Gasteiger partial charge in [-0.05, 0) is 78.1 Å². The molecule has 41 heavy (non-hydrogen) atoms. The number of aryl methyl sites for hydroxylation is 1. The number of anilines is 2. The number of benzene rings is 4. The zero-order chi connectivity index (χ0) is 29.2. The standard InChI is InChI=1S/C34H33N3O3S/c1-23(2)26-15-13-25(14-16-26)21-31(37-33(39)27-10-5-4-6-11-27)34(40)35-28-17-19-29(20-18-28)41-22-32(38)36-30-12-8-7-9-24(30)3/h4-21,23H,22H2,1-3H3,(H,35,40)(H,36,38)(H,37,39)/b31-21-. The number of thioether (sulfide) groups is 1. The molecule has 0 aliphatic heterocycles. The molecule has 0 saturated heterocycles. The highest BCUT2D eigenvalue weighted by Crippen LogP contribution is 2.22. The van der Waals surface area contributed by atoms with Crippen molar-refractivity contribution >= 4 is 46.9 Å². The SMILES string of the molecule is Cc1ccccc1NC(=O)CSc1ccc(NC(=O)/C(=C/c2ccc(C(C)C)cc2)NC(=O)c2ccccc2)cc1. The lowest BCUT2D eigenvalue weighted by Crippen LogP contribution is -2.30. The summed E-state index contributed by atoms with van der Waals surface area (Å²) in [6.45, 7) is 6.19. The van der Waals surface area contributed by atoms with Crippen LogP contribution in [0.1, 0.15) is 46.8 Å². The Morgan fingerprint density at radius 1 is 0.780 bits per heavy atom. The third kappa shape index (κ3) is 8.68. The second kappa shape index (κ2) is 14.1. The average molecular weight is 564 g/mol. The van der Waals surface area contributed by atoms with Crippen molar-refractivity contribution in [2.45, 2.75) is 31.6 Å². The molecule has 3 amide bonds. The molecule has 0 spiro atoms. The fourth-order valence-corrected chi connectivity index (χ4v) is 4.67. The van der Waals surface area contributed by atoms with Crippen LogP contribution in [0.3, 0.4) is 0 Å². The Morgan fingerprint density at radius 3 is 2.10 bits per heavy atom. The first-order chi connectivity index (χ1) is 19.8. The van der Waals surface area contributed by atoms with E-state index >= 15 is 0 Å². The Kier molecular flexibility index (Phi) is 10.1. The molecule has 4 aromatic rings. The minimum absolute atomic E-state index is 0.0907. The van der Waals surface area contributed by atoms with Crippen LogP contribution in [-0.2, 0) is 9.59 Å². The first kappa shape index (κ1) is 29.4. The van der Waals surface area contributed by atoms with Gasteiger partial charge in [-0.25, -0.2) is 0 Å². The van der Waals surface area contributed by atoms with Crippen LogP contribution < -0.4 is 16.0 Å². The lowest BCUT2D eigenvalue weighted by Gasteiger charge is -2.12. The molecule has 7 heteroatoms. The Labute approximate surface area is 245 Å². The number of rotatable bonds is 10. The van der Waals surface area contributed by atoms with E-state index < -0.39 is 5.91 Å². The van der Waals surface area contributed by atoms with Gasteiger partial charge in [-0.2, -0.15) is 0 Å². The van der Waals surface area contributed by atoms with E-state index in [0.29, 0.717) is 17.2 Å². The maximum absolute atomic E-state index is 13.3. The molecule has 0 bridgehead atoms. The van der Waals surface area contributed by atoms with Crippen LogP contribution >= 0.6 is 11.8 Å². The molecule has 208 valence electrons. The van der Waals surface area contributed by atoms with E-state index in [0.717, 1.165) is 21.7 Å². The molecule has 6 nitrogen and oxygen atoms in total. The summed E-state index contributed by atoms with van der Waals surface area (Å²) in [5, 5.41) is 8.57. The maximum atomic E-state index is 13.3. The molecule has 0 radical (unpaired) electrons. The largest absolute Gasteiger partial charge is 0.325 e. The van der Waals surface area contributed by atoms with E-state index in [4.69, 9.17) is 0 Å². The first-order valence-electron chi connectivity index (χ1n) is 13.4. The van der Waals surface area contributed by atoms with Crippen molar-refractivity contribution in [2.24, 2.45) is 0 Å². The number of amides is 3. The van der Waals surface area contributed by atoms with Gasteiger partial charge < -0.3 is 16.0 Å². The minimum Gasteiger partial charge on any atom is -0.325 e. The summed E-state index contributed by atoms with van der Waals surface area (Å²) in [5.74, 6) is -0.264. The molecule has 0 heterocycles. The Hall–Kier alpha value is -4.62. The van der Waals surface area contributed by atoms with Crippen LogP contribution in [0, 0.1) is 6.92 Å². The predicted octanol–water partition coefficient (Wildman–Crippen LogP) is 7.26. The van der Waals surface area contributed by atoms with Crippen molar-refractivity contribution < 1.29 is 14.4 Å². The molecule has 0 saturated carbocycles. The number of para-hydroxylation sites is 1. The van der Waals surface area contributed by atoms with Gasteiger partial charge in [-0.1, -0.05) is 74.5 Å². The van der Waals surface area contributed by atoms with Gasteiger partial charge in [0.2, 0.25) is 5.91 Å². The van der Waals surface area contributed by atoms with Gasteiger partial charge in [0.05, 0.1) is 5.75 Å². The number of hydrogen-bond acceptors (Lipinski definition) is 4. The summed E-state index contributed by atoms with van der Waals surface area (Å²) in [6, 6.07) is 31.5. The normalized spacial score (nSPS) is 11.2. The van der Waals surface area contributed by atoms with E-state index in [-0.39, 0.29) is 23.3 Å². The van der Waals surface area contributed by atoms with Crippen molar-refractivity contribution in [1.29, 1.82) is 0 Å². The fourth-order valence-electron chi connectivity index (χ4n) is 3.97. The Morgan fingerprint density at radius 2 is 1.44 bits per heavy atom. The zero-order valence-electron chi connectivity index (χ0n) is 23.3. The molecule has 0 atom stereocenters. The molecule has 4 rings (SSSR count). The highest BCUT2D eigenvalue weighted by molar-refractivity contribution is 8.00. The van der Waals surface area contributed by atoms with Crippen LogP contribution in [0.25, 0.3) is 6.08 Å². The smallest absolute Gasteiger partial charge is 0.272 e. The highest BCUT2D eigenvalue weighted by Gasteiger charge is 2.15. The van der Waals surface area contributed by atoms with Gasteiger partial charge in [0.15, 0.2) is 0 Å². The maximum Gasteiger partial charge on any atom is 0.272 e. The lowest BCUT2D eigenvalue weighted by molar-refractivity contribution is -0.114. The van der Waals surface area contributed by atoms with E-state index in [1.807, 2.05) is 73.7 Å². The van der Waals surface area contributed by atoms with Gasteiger partial charge in [0.1, 0.15) is 5.70 Å². The van der Waals surface area contributed by atoms with E-state index in [1.165, 1.54) is 17.3 Å². The summed E-state index contributed by atoms with van der Waals surface area (Å²) in [7, 11) is 0. The van der Waals surface area contributed by atoms with Gasteiger partial charge in [-0.3, -0.25) is 14.4 Å². The first-order valence-corrected chi connectivity index (χ1v) is 14.3. The Bertz CT molecular complexity index is 1530. The number of carbonyl (C=O) groups excluding carboxylic acids is 3. The summed E-state index contributed by atoms with van der Waals surface area (Å²) < 4.78 is 0. The van der Waals surface area contributed by atoms with Crippen LogP contribution in [0.2, 0.25) is 0 Å². The average Bonchev–Trinajstić information content (AvgIpc) is 2.98. The third-order valence-electron chi connectivity index (χ3n) is 6.34. The van der Waals surface area contributed by atoms with Gasteiger partial charge in [-0.15, -0.1) is 11.8 Å². The van der Waals surface area contributed by atoms with E-state index in [1.54, 1.807) is 42.5 Å². The van der Waals surface area contributed by atoms with Gasteiger partial charge >= 0.3 is 0 Å². The van der Waals surface area contributed by atoms with Crippen molar-refractivity contribution in [3.63, 3.8) is 0 Å². The predicted molar refractivity (Wildman–Crippen MR) is 168 cm³/mol. The molecule has 0 aromatic heterocycles. The topological polar surface area (TPSA) is 87.3 Å². The molecule has 3 N–H and O–H groups in total. The summed E-state index contributed by atoms with van der Waals surface area (Å²) in [5.41, 5.74) is 4.94. The summed E-state index contributed by atoms with van der Waals surface area (Å²) in [6.07, 6.45) is 1.66. The second-order valence-electron chi connectivity index (χ2n) is 9.83. The lowest BCUT2D eigenvalue weighted by atomic mass is 10.0. The highest BCUT2D eigenvalue weighted by atomic mass is 32.2. The molecule has 0 aliphatic carbocycles. The molecule has 4 aromatic carbocycles. The van der Waals surface area contributed by atoms with Crippen LogP contribution in [0.5, 0.6) is 0 Å². The molecule has 0 fully saturated rings. The van der Waals surface area contributed by atoms with Gasteiger partial charge in [0.25, 0.3) is 11.8 Å². The molecule has 0 aliphatic rings. The van der Waals surface area contributed by atoms with Gasteiger partial charge in [0, 0.05) is 21.8 Å².